The van der Waals surface area contributed by atoms with Gasteiger partial charge in [0.15, 0.2) is 0 Å². The molecule has 0 radical (unpaired) electrons. The standard InChI is InChI=1S/C15H11ClFNO/c16-13-3-1-2-11(8-13)9-15(18-10-19)12-4-6-14(17)7-5-12/h1-8,15H,9H2. The van der Waals surface area contributed by atoms with Crippen LogP contribution in [0.3, 0.4) is 0 Å². The molecule has 2 nitrogen and oxygen atoms in total. The van der Waals surface area contributed by atoms with Crippen LogP contribution in [0.25, 0.3) is 0 Å². The first-order valence-corrected chi connectivity index (χ1v) is 6.14. The lowest BCUT2D eigenvalue weighted by molar-refractivity contribution is 0.557. The predicted octanol–water partition coefficient (Wildman–Crippen LogP) is 4.10. The fourth-order valence-corrected chi connectivity index (χ4v) is 2.09. The second-order valence-electron chi connectivity index (χ2n) is 4.12. The Labute approximate surface area is 115 Å². The van der Waals surface area contributed by atoms with Crippen molar-refractivity contribution < 1.29 is 9.18 Å². The van der Waals surface area contributed by atoms with Gasteiger partial charge in [-0.25, -0.2) is 9.18 Å². The molecule has 2 aromatic rings. The molecule has 1 atom stereocenters. The minimum Gasteiger partial charge on any atom is -0.211 e. The summed E-state index contributed by atoms with van der Waals surface area (Å²) in [5, 5.41) is 0.630. The molecule has 1 unspecified atom stereocenters. The molecule has 96 valence electrons. The largest absolute Gasteiger partial charge is 0.235 e. The number of nitrogens with zero attached hydrogens (tertiary/aromatic N) is 1. The summed E-state index contributed by atoms with van der Waals surface area (Å²) < 4.78 is 12.9. The van der Waals surface area contributed by atoms with E-state index in [2.05, 4.69) is 4.99 Å². The van der Waals surface area contributed by atoms with Crippen LogP contribution < -0.4 is 0 Å². The lowest BCUT2D eigenvalue weighted by Crippen LogP contribution is -2.00. The zero-order valence-corrected chi connectivity index (χ0v) is 10.8. The Kier molecular flexibility index (Phi) is 4.45. The van der Waals surface area contributed by atoms with Crippen molar-refractivity contribution in [1.29, 1.82) is 0 Å². The highest BCUT2D eigenvalue weighted by atomic mass is 35.5. The van der Waals surface area contributed by atoms with E-state index in [0.29, 0.717) is 11.4 Å². The van der Waals surface area contributed by atoms with E-state index in [1.54, 1.807) is 24.3 Å². The van der Waals surface area contributed by atoms with Gasteiger partial charge in [-0.3, -0.25) is 0 Å². The molecule has 0 N–H and O–H groups in total. The Morgan fingerprint density at radius 2 is 1.95 bits per heavy atom. The summed E-state index contributed by atoms with van der Waals surface area (Å²) in [4.78, 5) is 14.3. The van der Waals surface area contributed by atoms with Gasteiger partial charge in [-0.1, -0.05) is 35.9 Å². The lowest BCUT2D eigenvalue weighted by atomic mass is 9.99. The Bertz CT molecular complexity index is 606. The molecule has 19 heavy (non-hydrogen) atoms. The van der Waals surface area contributed by atoms with Crippen molar-refractivity contribution in [3.63, 3.8) is 0 Å². The molecule has 0 spiro atoms. The monoisotopic (exact) mass is 275 g/mol. The van der Waals surface area contributed by atoms with Crippen LogP contribution in [-0.4, -0.2) is 6.08 Å². The molecule has 0 aliphatic carbocycles. The van der Waals surface area contributed by atoms with Crippen LogP contribution in [0.5, 0.6) is 0 Å². The van der Waals surface area contributed by atoms with Crippen molar-refractivity contribution in [2.45, 2.75) is 12.5 Å². The molecule has 0 aliphatic heterocycles. The molecule has 0 aromatic heterocycles. The third-order valence-corrected chi connectivity index (χ3v) is 3.02. The Balaban J connectivity index is 2.26. The first-order chi connectivity index (χ1) is 9.19. The molecule has 0 saturated carbocycles. The molecule has 0 aliphatic rings. The van der Waals surface area contributed by atoms with Crippen LogP contribution in [0, 0.1) is 5.82 Å². The van der Waals surface area contributed by atoms with Crippen molar-refractivity contribution in [3.8, 4) is 0 Å². The molecule has 2 rings (SSSR count). The van der Waals surface area contributed by atoms with Gasteiger partial charge in [-0.2, -0.15) is 4.99 Å². The average molecular weight is 276 g/mol. The average Bonchev–Trinajstić information content (AvgIpc) is 2.39. The van der Waals surface area contributed by atoms with Crippen LogP contribution in [0.4, 0.5) is 4.39 Å². The quantitative estimate of drug-likeness (QED) is 0.610. The fourth-order valence-electron chi connectivity index (χ4n) is 1.87. The maximum absolute atomic E-state index is 12.9. The number of aliphatic imine (C=N–C) groups is 1. The van der Waals surface area contributed by atoms with Gasteiger partial charge in [0.2, 0.25) is 6.08 Å². The maximum Gasteiger partial charge on any atom is 0.235 e. The number of rotatable bonds is 4. The van der Waals surface area contributed by atoms with Crippen molar-refractivity contribution >= 4 is 17.7 Å². The van der Waals surface area contributed by atoms with E-state index in [4.69, 9.17) is 11.6 Å². The minimum absolute atomic E-state index is 0.319. The van der Waals surface area contributed by atoms with Gasteiger partial charge in [0.25, 0.3) is 0 Å². The van der Waals surface area contributed by atoms with Crippen molar-refractivity contribution in [3.05, 3.63) is 70.5 Å². The zero-order valence-electron chi connectivity index (χ0n) is 10.0. The van der Waals surface area contributed by atoms with Gasteiger partial charge < -0.3 is 0 Å². The molecule has 0 heterocycles. The third-order valence-electron chi connectivity index (χ3n) is 2.78. The summed E-state index contributed by atoms with van der Waals surface area (Å²) in [5.74, 6) is -0.319. The summed E-state index contributed by atoms with van der Waals surface area (Å²) in [7, 11) is 0. The topological polar surface area (TPSA) is 29.4 Å². The second kappa shape index (κ2) is 6.28. The number of carbonyl (C=O) groups excluding carboxylic acids is 1. The van der Waals surface area contributed by atoms with Crippen LogP contribution in [-0.2, 0) is 11.2 Å². The molecule has 0 saturated heterocycles. The van der Waals surface area contributed by atoms with Crippen molar-refractivity contribution in [2.75, 3.05) is 0 Å². The van der Waals surface area contributed by atoms with Crippen molar-refractivity contribution in [2.24, 2.45) is 4.99 Å². The van der Waals surface area contributed by atoms with E-state index in [9.17, 15) is 9.18 Å². The first kappa shape index (κ1) is 13.5. The fraction of sp³-hybridized carbons (Fsp3) is 0.133. The van der Waals surface area contributed by atoms with Crippen LogP contribution in [0.1, 0.15) is 17.2 Å². The Hall–Kier alpha value is -1.96. The molecule has 2 aromatic carbocycles. The van der Waals surface area contributed by atoms with Crippen LogP contribution in [0.15, 0.2) is 53.5 Å². The summed E-state index contributed by atoms with van der Waals surface area (Å²) in [6, 6.07) is 12.9. The normalized spacial score (nSPS) is 11.7. The smallest absolute Gasteiger partial charge is 0.211 e. The number of halogens is 2. The Morgan fingerprint density at radius 1 is 1.21 bits per heavy atom. The number of hydrogen-bond donors (Lipinski definition) is 0. The minimum atomic E-state index is -0.378. The molecular formula is C15H11ClFNO. The van der Waals surface area contributed by atoms with Gasteiger partial charge in [-0.05, 0) is 41.8 Å². The van der Waals surface area contributed by atoms with E-state index < -0.39 is 0 Å². The number of isocyanates is 1. The van der Waals surface area contributed by atoms with E-state index in [1.165, 1.54) is 12.1 Å². The van der Waals surface area contributed by atoms with E-state index in [0.717, 1.165) is 11.1 Å². The summed E-state index contributed by atoms with van der Waals surface area (Å²) in [5.41, 5.74) is 1.73. The molecular weight excluding hydrogens is 265 g/mol. The van der Waals surface area contributed by atoms with Gasteiger partial charge in [0.05, 0.1) is 6.04 Å². The summed E-state index contributed by atoms with van der Waals surface area (Å²) in [6.07, 6.45) is 2.08. The highest BCUT2D eigenvalue weighted by Gasteiger charge is 2.11. The first-order valence-electron chi connectivity index (χ1n) is 5.76. The van der Waals surface area contributed by atoms with Crippen molar-refractivity contribution in [1.82, 2.24) is 0 Å². The van der Waals surface area contributed by atoms with Gasteiger partial charge in [0, 0.05) is 5.02 Å². The van der Waals surface area contributed by atoms with Gasteiger partial charge in [0.1, 0.15) is 5.82 Å². The molecule has 4 heteroatoms. The summed E-state index contributed by atoms with van der Waals surface area (Å²) >= 11 is 5.91. The van der Waals surface area contributed by atoms with Crippen LogP contribution >= 0.6 is 11.6 Å². The van der Waals surface area contributed by atoms with E-state index >= 15 is 0 Å². The molecule has 0 bridgehead atoms. The van der Waals surface area contributed by atoms with Gasteiger partial charge >= 0.3 is 0 Å². The summed E-state index contributed by atoms with van der Waals surface area (Å²) in [6.45, 7) is 0. The molecule has 0 fully saturated rings. The zero-order chi connectivity index (χ0) is 13.7. The van der Waals surface area contributed by atoms with Crippen LogP contribution in [0.2, 0.25) is 5.02 Å². The second-order valence-corrected chi connectivity index (χ2v) is 4.56. The highest BCUT2D eigenvalue weighted by molar-refractivity contribution is 6.30. The van der Waals surface area contributed by atoms with E-state index in [1.807, 2.05) is 18.2 Å². The predicted molar refractivity (Wildman–Crippen MR) is 72.4 cm³/mol. The third kappa shape index (κ3) is 3.75. The Morgan fingerprint density at radius 3 is 2.58 bits per heavy atom. The molecule has 0 amide bonds. The lowest BCUT2D eigenvalue weighted by Gasteiger charge is -2.11. The van der Waals surface area contributed by atoms with E-state index in [-0.39, 0.29) is 11.9 Å². The maximum atomic E-state index is 12.9. The SMILES string of the molecule is O=C=NC(Cc1cccc(Cl)c1)c1ccc(F)cc1. The number of hydrogen-bond acceptors (Lipinski definition) is 2. The number of benzene rings is 2. The highest BCUT2D eigenvalue weighted by Crippen LogP contribution is 2.23. The van der Waals surface area contributed by atoms with Gasteiger partial charge in [-0.15, -0.1) is 0 Å².